The lowest BCUT2D eigenvalue weighted by atomic mass is 10.2. The Labute approximate surface area is 113 Å². The summed E-state index contributed by atoms with van der Waals surface area (Å²) in [6.45, 7) is 5.15. The first-order valence-electron chi connectivity index (χ1n) is 6.58. The van der Waals surface area contributed by atoms with Gasteiger partial charge in [-0.1, -0.05) is 12.1 Å². The minimum absolute atomic E-state index is 0.0152. The number of carbonyl (C=O) groups is 1. The predicted molar refractivity (Wildman–Crippen MR) is 72.6 cm³/mol. The summed E-state index contributed by atoms with van der Waals surface area (Å²) >= 11 is 0. The van der Waals surface area contributed by atoms with E-state index in [9.17, 15) is 4.79 Å². The van der Waals surface area contributed by atoms with Crippen molar-refractivity contribution < 1.29 is 19.2 Å². The number of rotatable bonds is 4. The Hall–Kier alpha value is -1.59. The predicted octanol–water partition coefficient (Wildman–Crippen LogP) is -0.0627. The second kappa shape index (κ2) is 6.54. The fourth-order valence-corrected chi connectivity index (χ4v) is 2.24. The molecule has 5 nitrogen and oxygen atoms in total. The summed E-state index contributed by atoms with van der Waals surface area (Å²) in [7, 11) is 1.60. The van der Waals surface area contributed by atoms with Crippen molar-refractivity contribution in [1.82, 2.24) is 0 Å². The number of methoxy groups -OCH3 is 1. The van der Waals surface area contributed by atoms with Gasteiger partial charge in [0.25, 0.3) is 5.91 Å². The summed E-state index contributed by atoms with van der Waals surface area (Å²) in [4.78, 5) is 13.5. The van der Waals surface area contributed by atoms with Gasteiger partial charge in [-0.15, -0.1) is 0 Å². The third kappa shape index (κ3) is 3.45. The van der Waals surface area contributed by atoms with Gasteiger partial charge in [-0.25, -0.2) is 0 Å². The third-order valence-electron chi connectivity index (χ3n) is 3.51. The third-order valence-corrected chi connectivity index (χ3v) is 3.51. The zero-order valence-electron chi connectivity index (χ0n) is 11.4. The van der Waals surface area contributed by atoms with Crippen molar-refractivity contribution in [1.29, 1.82) is 0 Å². The number of anilines is 1. The molecular weight excluding hydrogens is 244 g/mol. The first-order chi connectivity index (χ1) is 9.22. The molecule has 2 N–H and O–H groups in total. The molecule has 0 aliphatic carbocycles. The lowest BCUT2D eigenvalue weighted by Crippen LogP contribution is -3.18. The largest absolute Gasteiger partial charge is 0.495 e. The Morgan fingerprint density at radius 1 is 1.37 bits per heavy atom. The smallest absolute Gasteiger partial charge is 0.282 e. The van der Waals surface area contributed by atoms with E-state index in [4.69, 9.17) is 9.47 Å². The van der Waals surface area contributed by atoms with Crippen LogP contribution in [0.25, 0.3) is 0 Å². The van der Waals surface area contributed by atoms with Crippen molar-refractivity contribution in [3.8, 4) is 5.75 Å². The zero-order chi connectivity index (χ0) is 13.7. The van der Waals surface area contributed by atoms with Gasteiger partial charge in [0.05, 0.1) is 26.0 Å². The van der Waals surface area contributed by atoms with Crippen LogP contribution in [0.2, 0.25) is 0 Å². The molecule has 1 aromatic carbocycles. The number of carbonyl (C=O) groups excluding carboxylic acids is 1. The van der Waals surface area contributed by atoms with E-state index in [0.29, 0.717) is 5.75 Å². The van der Waals surface area contributed by atoms with Crippen molar-refractivity contribution in [2.45, 2.75) is 13.0 Å². The van der Waals surface area contributed by atoms with E-state index in [1.165, 1.54) is 4.90 Å². The molecular formula is C14H21N2O3+. The van der Waals surface area contributed by atoms with Gasteiger partial charge in [0.1, 0.15) is 18.8 Å². The minimum Gasteiger partial charge on any atom is -0.495 e. The molecule has 2 rings (SSSR count). The number of hydrogen-bond acceptors (Lipinski definition) is 3. The maximum absolute atomic E-state index is 12.3. The van der Waals surface area contributed by atoms with Gasteiger partial charge in [0, 0.05) is 0 Å². The highest BCUT2D eigenvalue weighted by atomic mass is 16.5. The van der Waals surface area contributed by atoms with Crippen molar-refractivity contribution >= 4 is 11.6 Å². The molecule has 104 valence electrons. The lowest BCUT2D eigenvalue weighted by Gasteiger charge is -2.28. The van der Waals surface area contributed by atoms with E-state index in [-0.39, 0.29) is 11.9 Å². The summed E-state index contributed by atoms with van der Waals surface area (Å²) in [5.74, 6) is 0.696. The van der Waals surface area contributed by atoms with Crippen LogP contribution in [0.4, 0.5) is 5.69 Å². The molecule has 1 aliphatic rings. The molecule has 1 saturated heterocycles. The number of benzene rings is 1. The molecule has 0 aromatic heterocycles. The Bertz CT molecular complexity index is 430. The first-order valence-corrected chi connectivity index (χ1v) is 6.58. The molecule has 0 spiro atoms. The lowest BCUT2D eigenvalue weighted by molar-refractivity contribution is -0.921. The second-order valence-electron chi connectivity index (χ2n) is 4.68. The molecule has 0 radical (unpaired) electrons. The average Bonchev–Trinajstić information content (AvgIpc) is 2.48. The van der Waals surface area contributed by atoms with Crippen LogP contribution in [0.3, 0.4) is 0 Å². The zero-order valence-corrected chi connectivity index (χ0v) is 11.4. The Morgan fingerprint density at radius 2 is 2.05 bits per heavy atom. The van der Waals surface area contributed by atoms with Crippen molar-refractivity contribution in [3.05, 3.63) is 24.3 Å². The van der Waals surface area contributed by atoms with E-state index in [1.807, 2.05) is 31.2 Å². The van der Waals surface area contributed by atoms with Gasteiger partial charge < -0.3 is 19.7 Å². The fraction of sp³-hybridized carbons (Fsp3) is 0.500. The molecule has 1 fully saturated rings. The SMILES string of the molecule is COc1ccccc1NC(=O)[C@@H](C)[NH+]1CCOCC1. The molecule has 1 amide bonds. The molecule has 0 bridgehead atoms. The Kier molecular flexibility index (Phi) is 4.76. The van der Waals surface area contributed by atoms with E-state index < -0.39 is 0 Å². The molecule has 19 heavy (non-hydrogen) atoms. The molecule has 0 saturated carbocycles. The van der Waals surface area contributed by atoms with Crippen LogP contribution < -0.4 is 15.0 Å². The quantitative estimate of drug-likeness (QED) is 0.802. The molecule has 5 heteroatoms. The fourth-order valence-electron chi connectivity index (χ4n) is 2.24. The van der Waals surface area contributed by atoms with Crippen LogP contribution in [-0.2, 0) is 9.53 Å². The van der Waals surface area contributed by atoms with Crippen LogP contribution in [0.1, 0.15) is 6.92 Å². The van der Waals surface area contributed by atoms with Gasteiger partial charge in [-0.3, -0.25) is 4.79 Å². The van der Waals surface area contributed by atoms with E-state index >= 15 is 0 Å². The van der Waals surface area contributed by atoms with Crippen molar-refractivity contribution in [2.75, 3.05) is 38.7 Å². The summed E-state index contributed by atoms with van der Waals surface area (Å²) in [5.41, 5.74) is 0.717. The highest BCUT2D eigenvalue weighted by molar-refractivity contribution is 5.94. The number of ether oxygens (including phenoxy) is 2. The average molecular weight is 265 g/mol. The van der Waals surface area contributed by atoms with E-state index in [2.05, 4.69) is 5.32 Å². The number of morpholine rings is 1. The summed E-state index contributed by atoms with van der Waals surface area (Å²) in [6, 6.07) is 7.35. The molecule has 0 unspecified atom stereocenters. The van der Waals surface area contributed by atoms with E-state index in [0.717, 1.165) is 32.0 Å². The number of hydrogen-bond donors (Lipinski definition) is 2. The van der Waals surface area contributed by atoms with Crippen molar-refractivity contribution in [2.24, 2.45) is 0 Å². The number of quaternary nitrogens is 1. The molecule has 1 heterocycles. The standard InChI is InChI=1S/C14H20N2O3/c1-11(16-7-9-19-10-8-16)14(17)15-12-5-3-4-6-13(12)18-2/h3-6,11H,7-10H2,1-2H3,(H,15,17)/p+1/t11-/m1/s1. The van der Waals surface area contributed by atoms with E-state index in [1.54, 1.807) is 7.11 Å². The normalized spacial score (nSPS) is 17.8. The maximum Gasteiger partial charge on any atom is 0.282 e. The van der Waals surface area contributed by atoms with Gasteiger partial charge in [0.2, 0.25) is 0 Å². The molecule has 1 aromatic rings. The highest BCUT2D eigenvalue weighted by Crippen LogP contribution is 2.22. The van der Waals surface area contributed by atoms with Crippen LogP contribution in [-0.4, -0.2) is 45.4 Å². The van der Waals surface area contributed by atoms with Gasteiger partial charge in [-0.2, -0.15) is 0 Å². The van der Waals surface area contributed by atoms with Crippen molar-refractivity contribution in [3.63, 3.8) is 0 Å². The summed E-state index contributed by atoms with van der Waals surface area (Å²) in [6.07, 6.45) is 0. The Balaban J connectivity index is 1.99. The number of nitrogens with one attached hydrogen (secondary N) is 2. The summed E-state index contributed by atoms with van der Waals surface area (Å²) in [5, 5.41) is 2.93. The summed E-state index contributed by atoms with van der Waals surface area (Å²) < 4.78 is 10.5. The first kappa shape index (κ1) is 13.8. The maximum atomic E-state index is 12.3. The van der Waals surface area contributed by atoms with Crippen LogP contribution >= 0.6 is 0 Å². The number of para-hydroxylation sites is 2. The highest BCUT2D eigenvalue weighted by Gasteiger charge is 2.27. The van der Waals surface area contributed by atoms with Gasteiger partial charge in [-0.05, 0) is 19.1 Å². The molecule has 1 aliphatic heterocycles. The van der Waals surface area contributed by atoms with Gasteiger partial charge >= 0.3 is 0 Å². The minimum atomic E-state index is -0.0891. The molecule has 1 atom stereocenters. The number of amides is 1. The van der Waals surface area contributed by atoms with Gasteiger partial charge in [0.15, 0.2) is 6.04 Å². The monoisotopic (exact) mass is 265 g/mol. The van der Waals surface area contributed by atoms with Crippen LogP contribution in [0.15, 0.2) is 24.3 Å². The van der Waals surface area contributed by atoms with Crippen LogP contribution in [0, 0.1) is 0 Å². The van der Waals surface area contributed by atoms with Crippen LogP contribution in [0.5, 0.6) is 5.75 Å². The second-order valence-corrected chi connectivity index (χ2v) is 4.68. The Morgan fingerprint density at radius 3 is 2.74 bits per heavy atom. The topological polar surface area (TPSA) is 52.0 Å².